The van der Waals surface area contributed by atoms with Crippen molar-refractivity contribution in [2.45, 2.75) is 77.6 Å². The second kappa shape index (κ2) is 15.9. The number of benzene rings is 1. The van der Waals surface area contributed by atoms with Crippen LogP contribution in [0.3, 0.4) is 0 Å². The minimum absolute atomic E-state index is 0.808. The van der Waals surface area contributed by atoms with E-state index in [0.717, 1.165) is 11.6 Å². The highest BCUT2D eigenvalue weighted by Gasteiger charge is 2.17. The first-order chi connectivity index (χ1) is 13.2. The molecule has 1 rings (SSSR count). The van der Waals surface area contributed by atoms with E-state index in [9.17, 15) is 13.0 Å². The van der Waals surface area contributed by atoms with Crippen molar-refractivity contribution >= 4 is 16.1 Å². The number of nitrogens with zero attached hydrogens (tertiary/aromatic N) is 1. The summed E-state index contributed by atoms with van der Waals surface area (Å²) in [5, 5.41) is 0. The lowest BCUT2D eigenvalue weighted by molar-refractivity contribution is 0.314. The second-order valence-electron chi connectivity index (χ2n) is 7.85. The molecule has 0 N–H and O–H groups in total. The molecule has 0 spiro atoms. The van der Waals surface area contributed by atoms with Crippen LogP contribution < -0.4 is 4.48 Å². The van der Waals surface area contributed by atoms with E-state index in [0.29, 0.717) is 0 Å². The first-order valence-electron chi connectivity index (χ1n) is 10.6. The summed E-state index contributed by atoms with van der Waals surface area (Å²) in [5.74, 6) is 0. The molecule has 0 bridgehead atoms. The summed E-state index contributed by atoms with van der Waals surface area (Å²) in [6, 6.07) is 10.9. The molecule has 0 amide bonds. The van der Waals surface area contributed by atoms with E-state index in [4.69, 9.17) is 0 Å². The Morgan fingerprint density at radius 3 is 1.61 bits per heavy atom. The first kappa shape index (κ1) is 27.0. The van der Waals surface area contributed by atoms with Crippen LogP contribution in [0.1, 0.15) is 77.6 Å². The van der Waals surface area contributed by atoms with Gasteiger partial charge in [-0.1, -0.05) is 82.9 Å². The van der Waals surface area contributed by atoms with Gasteiger partial charge in [-0.25, -0.2) is 8.42 Å². The van der Waals surface area contributed by atoms with Crippen LogP contribution in [-0.2, 0) is 14.6 Å². The van der Waals surface area contributed by atoms with Crippen LogP contribution in [0.4, 0.5) is 5.69 Å². The molecule has 5 nitrogen and oxygen atoms in total. The predicted octanol–water partition coefficient (Wildman–Crippen LogP) is 5.66. The Kier molecular flexibility index (Phi) is 15.4. The van der Waals surface area contributed by atoms with E-state index in [1.807, 2.05) is 0 Å². The summed E-state index contributed by atoms with van der Waals surface area (Å²) in [6.45, 7) is 3.54. The number of unbranched alkanes of at least 4 members (excludes halogenated alkanes) is 10. The van der Waals surface area contributed by atoms with Gasteiger partial charge >= 0.3 is 0 Å². The molecule has 0 aliphatic carbocycles. The van der Waals surface area contributed by atoms with Crippen LogP contribution in [0.5, 0.6) is 0 Å². The van der Waals surface area contributed by atoms with Crippen LogP contribution in [-0.4, -0.2) is 40.7 Å². The Balaban J connectivity index is 0.00000105. The molecule has 0 unspecified atom stereocenters. The smallest absolute Gasteiger partial charge is 0.217 e. The van der Waals surface area contributed by atoms with Crippen LogP contribution in [0.25, 0.3) is 0 Å². The molecule has 0 saturated heterocycles. The van der Waals surface area contributed by atoms with E-state index < -0.39 is 10.4 Å². The van der Waals surface area contributed by atoms with E-state index in [2.05, 4.69) is 55.5 Å². The third kappa shape index (κ3) is 16.0. The van der Waals surface area contributed by atoms with Gasteiger partial charge in [0.2, 0.25) is 10.4 Å². The largest absolute Gasteiger partial charge is 0.726 e. The average Bonchev–Trinajstić information content (AvgIpc) is 2.67. The standard InChI is InChI=1S/C21H38N.CH4O4S/c1-4-5-6-7-8-9-10-11-12-13-17-20-22(2,3)21-18-15-14-16-19-21;1-5-6(2,3)4/h14-16,18-19H,4-13,17,20H2,1-3H3;1H3,(H,2,3,4)/q+1;/p-1. The molecule has 0 aliphatic heterocycles. The zero-order valence-electron chi connectivity index (χ0n) is 18.4. The van der Waals surface area contributed by atoms with Gasteiger partial charge in [-0.2, -0.15) is 0 Å². The van der Waals surface area contributed by atoms with Crippen LogP contribution in [0.2, 0.25) is 0 Å². The molecule has 0 heterocycles. The quantitative estimate of drug-likeness (QED) is 0.170. The number of quaternary nitrogens is 1. The third-order valence-electron chi connectivity index (χ3n) is 4.98. The van der Waals surface area contributed by atoms with E-state index in [1.54, 1.807) is 0 Å². The lowest BCUT2D eigenvalue weighted by Crippen LogP contribution is -2.41. The van der Waals surface area contributed by atoms with Crippen LogP contribution in [0, 0.1) is 0 Å². The lowest BCUT2D eigenvalue weighted by Gasteiger charge is -2.29. The minimum Gasteiger partial charge on any atom is -0.726 e. The van der Waals surface area contributed by atoms with Crippen molar-refractivity contribution in [2.24, 2.45) is 0 Å². The Labute approximate surface area is 173 Å². The third-order valence-corrected chi connectivity index (χ3v) is 5.39. The molecule has 0 atom stereocenters. The van der Waals surface area contributed by atoms with Gasteiger partial charge in [0.25, 0.3) is 0 Å². The number of para-hydroxylation sites is 1. The summed E-state index contributed by atoms with van der Waals surface area (Å²) >= 11 is 0. The fourth-order valence-electron chi connectivity index (χ4n) is 3.13. The zero-order chi connectivity index (χ0) is 21.3. The Hall–Kier alpha value is -0.950. The van der Waals surface area contributed by atoms with E-state index in [1.165, 1.54) is 82.9 Å². The molecule has 0 aliphatic rings. The highest BCUT2D eigenvalue weighted by Crippen LogP contribution is 2.19. The summed E-state index contributed by atoms with van der Waals surface area (Å²) in [4.78, 5) is 0. The topological polar surface area (TPSA) is 66.4 Å². The van der Waals surface area contributed by atoms with Gasteiger partial charge in [0.15, 0.2) is 0 Å². The maximum atomic E-state index is 9.22. The summed E-state index contributed by atoms with van der Waals surface area (Å²) in [5.41, 5.74) is 1.43. The van der Waals surface area contributed by atoms with Crippen molar-refractivity contribution in [3.8, 4) is 0 Å². The molecule has 0 fully saturated rings. The summed E-state index contributed by atoms with van der Waals surface area (Å²) in [7, 11) is 1.05. The fraction of sp³-hybridized carbons (Fsp3) is 0.727. The van der Waals surface area contributed by atoms with Gasteiger partial charge < -0.3 is 4.55 Å². The monoisotopic (exact) mass is 415 g/mol. The van der Waals surface area contributed by atoms with Crippen molar-refractivity contribution in [1.82, 2.24) is 4.48 Å². The Bertz CT molecular complexity index is 573. The van der Waals surface area contributed by atoms with Crippen molar-refractivity contribution in [3.05, 3.63) is 30.3 Å². The number of rotatable bonds is 14. The molecular weight excluding hydrogens is 374 g/mol. The van der Waals surface area contributed by atoms with Crippen LogP contribution in [0.15, 0.2) is 30.3 Å². The normalized spacial score (nSPS) is 11.8. The molecule has 164 valence electrons. The van der Waals surface area contributed by atoms with Crippen molar-refractivity contribution < 1.29 is 17.2 Å². The molecule has 0 radical (unpaired) electrons. The predicted molar refractivity (Wildman–Crippen MR) is 118 cm³/mol. The lowest BCUT2D eigenvalue weighted by atomic mass is 10.1. The molecule has 1 aromatic carbocycles. The first-order valence-corrected chi connectivity index (χ1v) is 12.0. The maximum Gasteiger partial charge on any atom is 0.217 e. The van der Waals surface area contributed by atoms with Crippen molar-refractivity contribution in [2.75, 3.05) is 27.7 Å². The van der Waals surface area contributed by atoms with Crippen LogP contribution >= 0.6 is 0 Å². The zero-order valence-corrected chi connectivity index (χ0v) is 19.2. The van der Waals surface area contributed by atoms with Gasteiger partial charge in [0.05, 0.1) is 27.7 Å². The highest BCUT2D eigenvalue weighted by molar-refractivity contribution is 7.80. The SMILES string of the molecule is CCCCCCCCCCCCC[N+](C)(C)c1ccccc1.COS(=O)(=O)[O-]. The van der Waals surface area contributed by atoms with Gasteiger partial charge in [-0.3, -0.25) is 8.67 Å². The fourth-order valence-corrected chi connectivity index (χ4v) is 3.13. The highest BCUT2D eigenvalue weighted by atomic mass is 32.3. The van der Waals surface area contributed by atoms with Crippen molar-refractivity contribution in [3.63, 3.8) is 0 Å². The van der Waals surface area contributed by atoms with Gasteiger partial charge in [0, 0.05) is 0 Å². The van der Waals surface area contributed by atoms with Crippen molar-refractivity contribution in [1.29, 1.82) is 0 Å². The second-order valence-corrected chi connectivity index (χ2v) is 9.00. The molecule has 1 aromatic rings. The molecule has 28 heavy (non-hydrogen) atoms. The minimum atomic E-state index is -4.41. The van der Waals surface area contributed by atoms with E-state index >= 15 is 0 Å². The summed E-state index contributed by atoms with van der Waals surface area (Å²) < 4.78 is 32.0. The summed E-state index contributed by atoms with van der Waals surface area (Å²) in [6.07, 6.45) is 15.6. The Morgan fingerprint density at radius 1 is 0.821 bits per heavy atom. The van der Waals surface area contributed by atoms with Gasteiger partial charge in [0.1, 0.15) is 5.69 Å². The number of hydrogen-bond acceptors (Lipinski definition) is 4. The molecule has 6 heteroatoms. The number of hydrogen-bond donors (Lipinski definition) is 0. The molecule has 0 aromatic heterocycles. The maximum absolute atomic E-state index is 9.22. The molecular formula is C22H41NO4S. The van der Waals surface area contributed by atoms with Gasteiger partial charge in [-0.15, -0.1) is 0 Å². The molecule has 0 saturated carbocycles. The average molecular weight is 416 g/mol. The van der Waals surface area contributed by atoms with E-state index in [-0.39, 0.29) is 0 Å². The van der Waals surface area contributed by atoms with Gasteiger partial charge in [-0.05, 0) is 25.0 Å². The Morgan fingerprint density at radius 2 is 1.21 bits per heavy atom.